The summed E-state index contributed by atoms with van der Waals surface area (Å²) in [6.45, 7) is 0.450. The third kappa shape index (κ3) is 2.11. The SMILES string of the molecule is CN1C(COc2ccccc2)=Nc2cccc3cccc1c23. The predicted octanol–water partition coefficient (Wildman–Crippen LogP) is 4.40. The van der Waals surface area contributed by atoms with Crippen LogP contribution in [0.25, 0.3) is 10.8 Å². The van der Waals surface area contributed by atoms with Gasteiger partial charge in [0.1, 0.15) is 18.2 Å². The molecule has 0 amide bonds. The Morgan fingerprint density at radius 1 is 0.909 bits per heavy atom. The lowest BCUT2D eigenvalue weighted by atomic mass is 10.0. The van der Waals surface area contributed by atoms with E-state index in [9.17, 15) is 0 Å². The van der Waals surface area contributed by atoms with Gasteiger partial charge in [-0.2, -0.15) is 0 Å². The van der Waals surface area contributed by atoms with E-state index < -0.39 is 0 Å². The molecule has 0 saturated carbocycles. The van der Waals surface area contributed by atoms with E-state index in [-0.39, 0.29) is 0 Å². The van der Waals surface area contributed by atoms with Gasteiger partial charge >= 0.3 is 0 Å². The minimum Gasteiger partial charge on any atom is -0.486 e. The van der Waals surface area contributed by atoms with Crippen LogP contribution in [-0.4, -0.2) is 19.5 Å². The molecule has 0 aromatic heterocycles. The minimum atomic E-state index is 0.450. The van der Waals surface area contributed by atoms with Gasteiger partial charge < -0.3 is 9.64 Å². The second kappa shape index (κ2) is 5.19. The van der Waals surface area contributed by atoms with Gasteiger partial charge in [0.2, 0.25) is 0 Å². The molecule has 0 N–H and O–H groups in total. The molecule has 0 atom stereocenters. The topological polar surface area (TPSA) is 24.8 Å². The second-order valence-corrected chi connectivity index (χ2v) is 5.34. The largest absolute Gasteiger partial charge is 0.486 e. The first-order chi connectivity index (χ1) is 10.8. The molecule has 3 aromatic carbocycles. The fraction of sp³-hybridized carbons (Fsp3) is 0.105. The summed E-state index contributed by atoms with van der Waals surface area (Å²) in [5.41, 5.74) is 2.19. The molecule has 1 aliphatic rings. The van der Waals surface area contributed by atoms with Gasteiger partial charge in [-0.25, -0.2) is 4.99 Å². The van der Waals surface area contributed by atoms with Crippen molar-refractivity contribution in [2.45, 2.75) is 0 Å². The molecule has 108 valence electrons. The zero-order chi connectivity index (χ0) is 14.9. The van der Waals surface area contributed by atoms with E-state index >= 15 is 0 Å². The standard InChI is InChI=1S/C19H16N2O/c1-21-17-12-6-8-14-7-5-11-16(19(14)17)20-18(21)13-22-15-9-3-2-4-10-15/h2-12H,13H2,1H3. The summed E-state index contributed by atoms with van der Waals surface area (Å²) in [6, 6.07) is 22.4. The highest BCUT2D eigenvalue weighted by Crippen LogP contribution is 2.37. The number of hydrogen-bond donors (Lipinski definition) is 0. The van der Waals surface area contributed by atoms with Crippen LogP contribution < -0.4 is 9.64 Å². The lowest BCUT2D eigenvalue weighted by Gasteiger charge is -2.27. The summed E-state index contributed by atoms with van der Waals surface area (Å²) in [7, 11) is 2.04. The molecule has 1 heterocycles. The summed E-state index contributed by atoms with van der Waals surface area (Å²) in [5, 5.41) is 2.42. The first-order valence-corrected chi connectivity index (χ1v) is 7.34. The Hall–Kier alpha value is -2.81. The summed E-state index contributed by atoms with van der Waals surface area (Å²) in [5.74, 6) is 1.77. The van der Waals surface area contributed by atoms with Crippen LogP contribution in [0.1, 0.15) is 0 Å². The molecule has 0 unspecified atom stereocenters. The van der Waals surface area contributed by atoms with Crippen LogP contribution in [0, 0.1) is 0 Å². The number of rotatable bonds is 3. The van der Waals surface area contributed by atoms with E-state index in [4.69, 9.17) is 9.73 Å². The Morgan fingerprint density at radius 3 is 2.50 bits per heavy atom. The van der Waals surface area contributed by atoms with Crippen LogP contribution in [0.15, 0.2) is 71.7 Å². The number of likely N-dealkylation sites (N-methyl/N-ethyl adjacent to an activating group) is 1. The van der Waals surface area contributed by atoms with Crippen LogP contribution in [0.5, 0.6) is 5.75 Å². The maximum atomic E-state index is 5.85. The third-order valence-electron chi connectivity index (χ3n) is 3.97. The van der Waals surface area contributed by atoms with Crippen molar-refractivity contribution in [3.8, 4) is 5.75 Å². The van der Waals surface area contributed by atoms with Gasteiger partial charge in [0, 0.05) is 12.4 Å². The van der Waals surface area contributed by atoms with E-state index in [1.54, 1.807) is 0 Å². The number of anilines is 1. The Morgan fingerprint density at radius 2 is 1.68 bits per heavy atom. The zero-order valence-corrected chi connectivity index (χ0v) is 12.4. The monoisotopic (exact) mass is 288 g/mol. The Bertz CT molecular complexity index is 850. The molecule has 22 heavy (non-hydrogen) atoms. The Labute approximate surface area is 129 Å². The molecule has 0 aliphatic carbocycles. The molecule has 0 fully saturated rings. The summed E-state index contributed by atoms with van der Waals surface area (Å²) >= 11 is 0. The first-order valence-electron chi connectivity index (χ1n) is 7.34. The number of hydrogen-bond acceptors (Lipinski definition) is 3. The molecule has 0 saturated heterocycles. The molecular formula is C19H16N2O. The minimum absolute atomic E-state index is 0.450. The molecular weight excluding hydrogens is 272 g/mol. The highest BCUT2D eigenvalue weighted by Gasteiger charge is 2.19. The first kappa shape index (κ1) is 12.9. The van der Waals surface area contributed by atoms with Crippen molar-refractivity contribution < 1.29 is 4.74 Å². The normalized spacial score (nSPS) is 13.1. The fourth-order valence-corrected chi connectivity index (χ4v) is 2.82. The Balaban J connectivity index is 1.70. The van der Waals surface area contributed by atoms with Gasteiger partial charge in [0.15, 0.2) is 0 Å². The van der Waals surface area contributed by atoms with Crippen molar-refractivity contribution >= 4 is 28.0 Å². The fourth-order valence-electron chi connectivity index (χ4n) is 2.82. The van der Waals surface area contributed by atoms with Gasteiger partial charge in [0.05, 0.1) is 11.4 Å². The van der Waals surface area contributed by atoms with E-state index in [0.717, 1.165) is 17.3 Å². The predicted molar refractivity (Wildman–Crippen MR) is 91.4 cm³/mol. The van der Waals surface area contributed by atoms with E-state index in [1.807, 2.05) is 43.4 Å². The molecule has 3 nitrogen and oxygen atoms in total. The molecule has 1 aliphatic heterocycles. The number of amidine groups is 1. The highest BCUT2D eigenvalue weighted by molar-refractivity contribution is 6.14. The van der Waals surface area contributed by atoms with Crippen molar-refractivity contribution in [1.82, 2.24) is 0 Å². The third-order valence-corrected chi connectivity index (χ3v) is 3.97. The zero-order valence-electron chi connectivity index (χ0n) is 12.4. The molecule has 3 aromatic rings. The maximum Gasteiger partial charge on any atom is 0.147 e. The average molecular weight is 288 g/mol. The van der Waals surface area contributed by atoms with Gasteiger partial charge in [-0.3, -0.25) is 0 Å². The molecule has 0 bridgehead atoms. The number of para-hydroxylation sites is 1. The quantitative estimate of drug-likeness (QED) is 0.713. The molecule has 0 radical (unpaired) electrons. The highest BCUT2D eigenvalue weighted by atomic mass is 16.5. The summed E-state index contributed by atoms with van der Waals surface area (Å²) < 4.78 is 5.85. The number of nitrogens with zero attached hydrogens (tertiary/aromatic N) is 2. The van der Waals surface area contributed by atoms with Gasteiger partial charge in [0.25, 0.3) is 0 Å². The van der Waals surface area contributed by atoms with Crippen molar-refractivity contribution in [3.63, 3.8) is 0 Å². The van der Waals surface area contributed by atoms with Crippen molar-refractivity contribution in [2.24, 2.45) is 4.99 Å². The van der Waals surface area contributed by atoms with Crippen LogP contribution in [0.2, 0.25) is 0 Å². The smallest absolute Gasteiger partial charge is 0.147 e. The van der Waals surface area contributed by atoms with Gasteiger partial charge in [-0.05, 0) is 29.7 Å². The average Bonchev–Trinajstić information content (AvgIpc) is 2.58. The summed E-state index contributed by atoms with van der Waals surface area (Å²) in [6.07, 6.45) is 0. The van der Waals surface area contributed by atoms with Crippen molar-refractivity contribution in [1.29, 1.82) is 0 Å². The van der Waals surface area contributed by atoms with Gasteiger partial charge in [-0.15, -0.1) is 0 Å². The Kier molecular flexibility index (Phi) is 3.04. The van der Waals surface area contributed by atoms with Crippen molar-refractivity contribution in [3.05, 3.63) is 66.7 Å². The molecule has 0 spiro atoms. The van der Waals surface area contributed by atoms with Crippen LogP contribution in [-0.2, 0) is 0 Å². The van der Waals surface area contributed by atoms with Crippen LogP contribution in [0.4, 0.5) is 11.4 Å². The molecule has 3 heteroatoms. The maximum absolute atomic E-state index is 5.85. The van der Waals surface area contributed by atoms with Crippen LogP contribution >= 0.6 is 0 Å². The number of ether oxygens (including phenoxy) is 1. The lowest BCUT2D eigenvalue weighted by Crippen LogP contribution is -2.33. The van der Waals surface area contributed by atoms with E-state index in [0.29, 0.717) is 6.61 Å². The van der Waals surface area contributed by atoms with Crippen LogP contribution in [0.3, 0.4) is 0 Å². The van der Waals surface area contributed by atoms with Crippen molar-refractivity contribution in [2.75, 3.05) is 18.6 Å². The number of benzene rings is 3. The summed E-state index contributed by atoms with van der Waals surface area (Å²) in [4.78, 5) is 6.89. The van der Waals surface area contributed by atoms with E-state index in [1.165, 1.54) is 16.5 Å². The second-order valence-electron chi connectivity index (χ2n) is 5.34. The lowest BCUT2D eigenvalue weighted by molar-refractivity contribution is 0.374. The van der Waals surface area contributed by atoms with Gasteiger partial charge in [-0.1, -0.05) is 42.5 Å². The van der Waals surface area contributed by atoms with E-state index in [2.05, 4.69) is 35.2 Å². The number of aliphatic imine (C=N–C) groups is 1. The molecule has 4 rings (SSSR count).